The number of thiocarbonyl (C=S) groups is 1. The van der Waals surface area contributed by atoms with Gasteiger partial charge in [0, 0.05) is 11.6 Å². The summed E-state index contributed by atoms with van der Waals surface area (Å²) in [5.41, 5.74) is -1.05. The quantitative estimate of drug-likeness (QED) is 0.320. The third-order valence-electron chi connectivity index (χ3n) is 4.89. The van der Waals surface area contributed by atoms with Crippen molar-refractivity contribution >= 4 is 29.4 Å². The lowest BCUT2D eigenvalue weighted by Gasteiger charge is -2.42. The zero-order valence-corrected chi connectivity index (χ0v) is 20.6. The lowest BCUT2D eigenvalue weighted by Crippen LogP contribution is -2.63. The van der Waals surface area contributed by atoms with Gasteiger partial charge in [0.15, 0.2) is 5.11 Å². The summed E-state index contributed by atoms with van der Waals surface area (Å²) in [5.74, 6) is -3.16. The summed E-state index contributed by atoms with van der Waals surface area (Å²) in [5, 5.41) is 28.2. The number of hydrazine groups is 1. The number of halogens is 2. The number of carboxylic acid groups (broad SMARTS) is 1. The van der Waals surface area contributed by atoms with Crippen molar-refractivity contribution in [3.05, 3.63) is 48.1 Å². The summed E-state index contributed by atoms with van der Waals surface area (Å²) in [6, 6.07) is 0.166. The minimum Gasteiger partial charge on any atom is -0.480 e. The van der Waals surface area contributed by atoms with Gasteiger partial charge in [0.25, 0.3) is 0 Å². The third kappa shape index (κ3) is 7.29. The molecule has 0 aliphatic heterocycles. The number of hydrogen-bond acceptors (Lipinski definition) is 7. The zero-order valence-electron chi connectivity index (χ0n) is 19.8. The Morgan fingerprint density at radius 3 is 2.46 bits per heavy atom. The van der Waals surface area contributed by atoms with Crippen molar-refractivity contribution in [1.82, 2.24) is 30.5 Å². The Kier molecular flexibility index (Phi) is 8.68. The van der Waals surface area contributed by atoms with E-state index in [1.165, 1.54) is 31.2 Å². The van der Waals surface area contributed by atoms with Gasteiger partial charge in [-0.15, -0.1) is 0 Å². The molecule has 35 heavy (non-hydrogen) atoms. The van der Waals surface area contributed by atoms with Crippen molar-refractivity contribution in [2.75, 3.05) is 0 Å². The molecule has 0 saturated carbocycles. The number of amides is 1. The molecule has 1 heterocycles. The molecule has 1 aromatic heterocycles. The Balaban J connectivity index is 2.55. The highest BCUT2D eigenvalue weighted by Gasteiger charge is 2.44. The first kappa shape index (κ1) is 27.9. The van der Waals surface area contributed by atoms with Gasteiger partial charge >= 0.3 is 12.1 Å². The predicted octanol–water partition coefficient (Wildman–Crippen LogP) is 1.92. The topological polar surface area (TPSA) is 142 Å². The summed E-state index contributed by atoms with van der Waals surface area (Å²) in [4.78, 5) is 27.7. The summed E-state index contributed by atoms with van der Waals surface area (Å²) < 4.78 is 35.0. The van der Waals surface area contributed by atoms with Crippen molar-refractivity contribution < 1.29 is 33.3 Å². The van der Waals surface area contributed by atoms with Crippen LogP contribution < -0.4 is 10.7 Å². The van der Waals surface area contributed by atoms with E-state index in [1.807, 2.05) is 0 Å². The highest BCUT2D eigenvalue weighted by atomic mass is 32.1. The molecule has 11 nitrogen and oxygen atoms in total. The summed E-state index contributed by atoms with van der Waals surface area (Å²) in [6.45, 7) is 7.19. The first-order valence-corrected chi connectivity index (χ1v) is 10.9. The summed E-state index contributed by atoms with van der Waals surface area (Å²) >= 11 is 5.31. The van der Waals surface area contributed by atoms with E-state index in [0.29, 0.717) is 6.07 Å². The van der Waals surface area contributed by atoms with Crippen LogP contribution in [-0.4, -0.2) is 64.8 Å². The number of ether oxygens (including phenoxy) is 1. The van der Waals surface area contributed by atoms with Crippen LogP contribution in [0.4, 0.5) is 13.6 Å². The van der Waals surface area contributed by atoms with Crippen LogP contribution in [0.2, 0.25) is 0 Å². The average Bonchev–Trinajstić information content (AvgIpc) is 3.22. The van der Waals surface area contributed by atoms with Gasteiger partial charge in [-0.25, -0.2) is 28.7 Å². The van der Waals surface area contributed by atoms with Crippen LogP contribution >= 0.6 is 12.2 Å². The molecule has 1 amide bonds. The number of carboxylic acids is 1. The van der Waals surface area contributed by atoms with Gasteiger partial charge in [-0.2, -0.15) is 5.10 Å². The SMILES string of the molecule is CC(NC(=S)N(NC(=O)OC(C)(C)C)[C@H](C)[C@](O)(Cn1cncn1)c1ccc(F)cc1F)C(=O)O. The van der Waals surface area contributed by atoms with E-state index in [0.717, 1.165) is 17.1 Å². The molecule has 1 aromatic carbocycles. The normalized spacial score (nSPS) is 14.9. The Labute approximate surface area is 206 Å². The lowest BCUT2D eigenvalue weighted by molar-refractivity contribution is -0.138. The van der Waals surface area contributed by atoms with E-state index < -0.39 is 47.0 Å². The highest BCUT2D eigenvalue weighted by Crippen LogP contribution is 2.32. The molecule has 14 heteroatoms. The molecule has 0 bridgehead atoms. The van der Waals surface area contributed by atoms with E-state index >= 15 is 0 Å². The predicted molar refractivity (Wildman–Crippen MR) is 124 cm³/mol. The van der Waals surface area contributed by atoms with E-state index in [9.17, 15) is 28.6 Å². The second-order valence-corrected chi connectivity index (χ2v) is 9.20. The van der Waals surface area contributed by atoms with Crippen LogP contribution in [0.1, 0.15) is 40.2 Å². The van der Waals surface area contributed by atoms with E-state index in [-0.39, 0.29) is 17.2 Å². The number of hydrogen-bond donors (Lipinski definition) is 4. The van der Waals surface area contributed by atoms with Gasteiger partial charge in [-0.3, -0.25) is 9.80 Å². The molecule has 0 fully saturated rings. The summed E-state index contributed by atoms with van der Waals surface area (Å²) in [7, 11) is 0. The number of rotatable bonds is 7. The molecule has 0 saturated heterocycles. The Morgan fingerprint density at radius 1 is 1.29 bits per heavy atom. The molecule has 0 aliphatic rings. The number of carbonyl (C=O) groups excluding carboxylic acids is 1. The second kappa shape index (κ2) is 10.9. The smallest absolute Gasteiger partial charge is 0.426 e. The fourth-order valence-corrected chi connectivity index (χ4v) is 3.48. The first-order chi connectivity index (χ1) is 16.1. The second-order valence-electron chi connectivity index (χ2n) is 8.81. The molecule has 3 atom stereocenters. The van der Waals surface area contributed by atoms with Gasteiger partial charge < -0.3 is 20.3 Å². The van der Waals surface area contributed by atoms with Crippen molar-refractivity contribution in [3.8, 4) is 0 Å². The molecular weight excluding hydrogens is 486 g/mol. The number of carbonyl (C=O) groups is 2. The van der Waals surface area contributed by atoms with Crippen LogP contribution in [0, 0.1) is 11.6 Å². The average molecular weight is 515 g/mol. The van der Waals surface area contributed by atoms with E-state index in [1.54, 1.807) is 20.8 Å². The standard InChI is InChI=1S/C21H28F2N6O5S/c1-12(17(30)31)26-18(35)29(27-19(32)34-20(3,4)5)13(2)21(33,9-28-11-24-10-25-28)15-7-6-14(22)8-16(15)23/h6-8,10-13,33H,9H2,1-5H3,(H,26,35)(H,27,32)(H,30,31)/t12?,13-,21-/m1/s1. The Morgan fingerprint density at radius 2 is 1.94 bits per heavy atom. The Bertz CT molecular complexity index is 1060. The van der Waals surface area contributed by atoms with Gasteiger partial charge in [-0.05, 0) is 52.9 Å². The van der Waals surface area contributed by atoms with Gasteiger partial charge in [0.05, 0.1) is 12.6 Å². The van der Waals surface area contributed by atoms with Gasteiger partial charge in [0.1, 0.15) is 41.5 Å². The van der Waals surface area contributed by atoms with Crippen LogP contribution in [-0.2, 0) is 21.7 Å². The number of aromatic nitrogens is 3. The molecular formula is C21H28F2N6O5S. The molecule has 0 radical (unpaired) electrons. The molecule has 2 rings (SSSR count). The number of benzene rings is 1. The number of nitrogens with zero attached hydrogens (tertiary/aromatic N) is 4. The van der Waals surface area contributed by atoms with Crippen molar-refractivity contribution in [2.45, 2.75) is 64.4 Å². The van der Waals surface area contributed by atoms with Crippen LogP contribution in [0.3, 0.4) is 0 Å². The molecule has 2 aromatic rings. The maximum atomic E-state index is 14.9. The number of aliphatic hydroxyl groups is 1. The van der Waals surface area contributed by atoms with Crippen molar-refractivity contribution in [1.29, 1.82) is 0 Å². The van der Waals surface area contributed by atoms with E-state index in [2.05, 4.69) is 20.8 Å². The maximum Gasteiger partial charge on any atom is 0.426 e. The molecule has 0 spiro atoms. The fraction of sp³-hybridized carbons (Fsp3) is 0.476. The highest BCUT2D eigenvalue weighted by molar-refractivity contribution is 7.80. The number of nitrogens with one attached hydrogen (secondary N) is 2. The van der Waals surface area contributed by atoms with Crippen LogP contribution in [0.5, 0.6) is 0 Å². The fourth-order valence-electron chi connectivity index (χ4n) is 3.10. The van der Waals surface area contributed by atoms with E-state index in [4.69, 9.17) is 17.0 Å². The third-order valence-corrected chi connectivity index (χ3v) is 5.20. The van der Waals surface area contributed by atoms with Gasteiger partial charge in [0.2, 0.25) is 0 Å². The van der Waals surface area contributed by atoms with Crippen LogP contribution in [0.25, 0.3) is 0 Å². The Hall–Kier alpha value is -3.39. The first-order valence-electron chi connectivity index (χ1n) is 10.5. The minimum atomic E-state index is -2.20. The lowest BCUT2D eigenvalue weighted by atomic mass is 9.86. The van der Waals surface area contributed by atoms with Crippen molar-refractivity contribution in [3.63, 3.8) is 0 Å². The van der Waals surface area contributed by atoms with Crippen LogP contribution in [0.15, 0.2) is 30.9 Å². The summed E-state index contributed by atoms with van der Waals surface area (Å²) in [6.07, 6.45) is 1.50. The maximum absolute atomic E-state index is 14.9. The molecule has 4 N–H and O–H groups in total. The van der Waals surface area contributed by atoms with Crippen molar-refractivity contribution in [2.24, 2.45) is 0 Å². The van der Waals surface area contributed by atoms with Gasteiger partial charge in [-0.1, -0.05) is 6.07 Å². The molecule has 192 valence electrons. The largest absolute Gasteiger partial charge is 0.480 e. The molecule has 1 unspecified atom stereocenters. The number of aliphatic carboxylic acids is 1. The monoisotopic (exact) mass is 514 g/mol. The minimum absolute atomic E-state index is 0.308. The zero-order chi connectivity index (χ0) is 26.6. The molecule has 0 aliphatic carbocycles.